The molecule has 0 amide bonds. The van der Waals surface area contributed by atoms with E-state index in [1.165, 1.54) is 12.1 Å². The fraction of sp³-hybridized carbons (Fsp3) is 0.429. The van der Waals surface area contributed by atoms with E-state index in [2.05, 4.69) is 4.90 Å². The Morgan fingerprint density at radius 2 is 1.89 bits per heavy atom. The summed E-state index contributed by atoms with van der Waals surface area (Å²) >= 11 is 0. The smallest absolute Gasteiger partial charge is 0.269 e. The number of non-ortho nitro benzene ring substituents is 1. The minimum atomic E-state index is -0.405. The maximum atomic E-state index is 10.6. The molecule has 1 unspecified atom stereocenters. The van der Waals surface area contributed by atoms with Gasteiger partial charge in [0.1, 0.15) is 0 Å². The van der Waals surface area contributed by atoms with Gasteiger partial charge in [0.25, 0.3) is 5.69 Å². The van der Waals surface area contributed by atoms with Crippen molar-refractivity contribution in [1.82, 2.24) is 4.90 Å². The molecule has 100 valence electrons. The van der Waals surface area contributed by atoms with E-state index in [0.717, 1.165) is 37.2 Å². The molecule has 0 aromatic heterocycles. The van der Waals surface area contributed by atoms with Crippen LogP contribution < -0.4 is 0 Å². The van der Waals surface area contributed by atoms with Crippen molar-refractivity contribution in [1.29, 1.82) is 0 Å². The highest BCUT2D eigenvalue weighted by molar-refractivity contribution is 5.56. The van der Waals surface area contributed by atoms with Gasteiger partial charge in [-0.25, -0.2) is 0 Å². The van der Waals surface area contributed by atoms with Gasteiger partial charge in [0.05, 0.1) is 11.0 Å². The molecule has 1 aromatic rings. The van der Waals surface area contributed by atoms with Crippen LogP contribution in [0.4, 0.5) is 5.69 Å². The summed E-state index contributed by atoms with van der Waals surface area (Å²) in [7, 11) is 0. The Balaban J connectivity index is 1.86. The molecule has 3 aliphatic heterocycles. The minimum absolute atomic E-state index is 0.0909. The Kier molecular flexibility index (Phi) is 2.98. The summed E-state index contributed by atoms with van der Waals surface area (Å²) in [5.74, 6) is 0.370. The van der Waals surface area contributed by atoms with Crippen molar-refractivity contribution in [2.75, 3.05) is 13.1 Å². The van der Waals surface area contributed by atoms with Crippen LogP contribution >= 0.6 is 0 Å². The number of fused-ring (bicyclic) bond motifs is 3. The molecule has 3 fully saturated rings. The Bertz CT molecular complexity index is 512. The van der Waals surface area contributed by atoms with Crippen LogP contribution in [-0.4, -0.2) is 34.1 Å². The summed E-state index contributed by atoms with van der Waals surface area (Å²) < 4.78 is 0. The van der Waals surface area contributed by atoms with E-state index in [4.69, 9.17) is 0 Å². The van der Waals surface area contributed by atoms with Crippen molar-refractivity contribution in [2.24, 2.45) is 5.92 Å². The maximum Gasteiger partial charge on any atom is 0.269 e. The quantitative estimate of drug-likeness (QED) is 0.652. The largest absolute Gasteiger partial charge is 0.387 e. The van der Waals surface area contributed by atoms with Gasteiger partial charge in [0.2, 0.25) is 0 Å². The van der Waals surface area contributed by atoms with E-state index in [-0.39, 0.29) is 5.69 Å². The highest BCUT2D eigenvalue weighted by Gasteiger charge is 2.36. The predicted molar refractivity (Wildman–Crippen MR) is 71.4 cm³/mol. The van der Waals surface area contributed by atoms with Crippen molar-refractivity contribution in [3.05, 3.63) is 45.6 Å². The third-order valence-electron chi connectivity index (χ3n) is 4.07. The number of benzene rings is 1. The first-order valence-corrected chi connectivity index (χ1v) is 6.54. The molecular weight excluding hydrogens is 244 g/mol. The Morgan fingerprint density at radius 1 is 1.26 bits per heavy atom. The Labute approximate surface area is 111 Å². The summed E-state index contributed by atoms with van der Waals surface area (Å²) in [5.41, 5.74) is 1.94. The number of piperidine rings is 3. The molecule has 0 saturated carbocycles. The molecule has 3 aliphatic rings. The molecule has 5 heteroatoms. The highest BCUT2D eigenvalue weighted by atomic mass is 16.6. The number of hydrogen-bond acceptors (Lipinski definition) is 4. The van der Waals surface area contributed by atoms with E-state index < -0.39 is 11.0 Å². The van der Waals surface area contributed by atoms with E-state index >= 15 is 0 Å². The van der Waals surface area contributed by atoms with Crippen molar-refractivity contribution in [3.8, 4) is 0 Å². The lowest BCUT2D eigenvalue weighted by molar-refractivity contribution is -0.384. The zero-order valence-electron chi connectivity index (χ0n) is 10.5. The van der Waals surface area contributed by atoms with Gasteiger partial charge < -0.3 is 10.0 Å². The van der Waals surface area contributed by atoms with Crippen molar-refractivity contribution in [3.63, 3.8) is 0 Å². The first-order valence-electron chi connectivity index (χ1n) is 6.54. The fourth-order valence-corrected chi connectivity index (χ4v) is 2.94. The van der Waals surface area contributed by atoms with E-state index in [9.17, 15) is 15.2 Å². The van der Waals surface area contributed by atoms with Crippen molar-refractivity contribution >= 4 is 11.8 Å². The lowest BCUT2D eigenvalue weighted by Gasteiger charge is -2.45. The predicted octanol–water partition coefficient (Wildman–Crippen LogP) is 2.02. The van der Waals surface area contributed by atoms with Crippen LogP contribution in [0, 0.1) is 16.0 Å². The third-order valence-corrected chi connectivity index (χ3v) is 4.07. The average Bonchev–Trinajstić information content (AvgIpc) is 2.44. The molecule has 3 saturated heterocycles. The molecule has 1 N–H and O–H groups in total. The van der Waals surface area contributed by atoms with Crippen LogP contribution in [0.25, 0.3) is 6.08 Å². The van der Waals surface area contributed by atoms with Gasteiger partial charge in [0.15, 0.2) is 0 Å². The number of rotatable bonds is 2. The molecule has 4 rings (SSSR count). The second kappa shape index (κ2) is 4.66. The van der Waals surface area contributed by atoms with Gasteiger partial charge in [-0.2, -0.15) is 0 Å². The topological polar surface area (TPSA) is 66.6 Å². The lowest BCUT2D eigenvalue weighted by atomic mass is 9.83. The van der Waals surface area contributed by atoms with Crippen LogP contribution in [0.3, 0.4) is 0 Å². The molecule has 1 aromatic carbocycles. The summed E-state index contributed by atoms with van der Waals surface area (Å²) in [6, 6.07) is 6.44. The average molecular weight is 260 g/mol. The van der Waals surface area contributed by atoms with Crippen LogP contribution in [-0.2, 0) is 0 Å². The summed E-state index contributed by atoms with van der Waals surface area (Å²) in [4.78, 5) is 12.4. The molecule has 5 nitrogen and oxygen atoms in total. The van der Waals surface area contributed by atoms with Gasteiger partial charge in [-0.1, -0.05) is 0 Å². The number of nitro benzene ring substituents is 1. The van der Waals surface area contributed by atoms with Crippen molar-refractivity contribution < 1.29 is 10.0 Å². The van der Waals surface area contributed by atoms with Crippen molar-refractivity contribution in [2.45, 2.75) is 18.9 Å². The van der Waals surface area contributed by atoms with Gasteiger partial charge in [-0.15, -0.1) is 0 Å². The second-order valence-electron chi connectivity index (χ2n) is 5.19. The molecular formula is C14H16N2O3. The highest BCUT2D eigenvalue weighted by Crippen LogP contribution is 2.35. The molecule has 1 atom stereocenters. The van der Waals surface area contributed by atoms with Gasteiger partial charge in [0, 0.05) is 30.9 Å². The number of aliphatic hydroxyl groups is 1. The standard InChI is InChI=1S/C14H16N2O3/c17-14-11-5-7-15(8-6-11)13(14)9-10-1-3-12(4-2-10)16(18)19/h1-4,9,11,14,17H,5-8H2/b13-9-. The zero-order chi connectivity index (χ0) is 13.4. The molecule has 0 aliphatic carbocycles. The maximum absolute atomic E-state index is 10.6. The zero-order valence-corrected chi connectivity index (χ0v) is 10.5. The fourth-order valence-electron chi connectivity index (χ4n) is 2.94. The molecule has 0 spiro atoms. The molecule has 0 radical (unpaired) electrons. The summed E-state index contributed by atoms with van der Waals surface area (Å²) in [6.07, 6.45) is 3.66. The van der Waals surface area contributed by atoms with Crippen LogP contribution in [0.2, 0.25) is 0 Å². The van der Waals surface area contributed by atoms with E-state index in [1.807, 2.05) is 6.08 Å². The number of nitro groups is 1. The third kappa shape index (κ3) is 2.21. The monoisotopic (exact) mass is 260 g/mol. The van der Waals surface area contributed by atoms with E-state index in [0.29, 0.717) is 5.92 Å². The molecule has 19 heavy (non-hydrogen) atoms. The SMILES string of the molecule is O=[N+]([O-])c1ccc(/C=C2/C(O)C3CCN2CC3)cc1. The first kappa shape index (κ1) is 12.2. The van der Waals surface area contributed by atoms with Gasteiger partial charge in [-0.3, -0.25) is 10.1 Å². The van der Waals surface area contributed by atoms with E-state index in [1.54, 1.807) is 12.1 Å². The Morgan fingerprint density at radius 3 is 2.42 bits per heavy atom. The second-order valence-corrected chi connectivity index (χ2v) is 5.19. The summed E-state index contributed by atoms with van der Waals surface area (Å²) in [5, 5.41) is 20.8. The first-order chi connectivity index (χ1) is 9.15. The number of hydrogen-bond donors (Lipinski definition) is 1. The van der Waals surface area contributed by atoms with Crippen LogP contribution in [0.1, 0.15) is 18.4 Å². The number of nitrogens with zero attached hydrogens (tertiary/aromatic N) is 2. The lowest BCUT2D eigenvalue weighted by Crippen LogP contribution is -2.48. The molecule has 2 bridgehead atoms. The Hall–Kier alpha value is -1.88. The van der Waals surface area contributed by atoms with Gasteiger partial charge >= 0.3 is 0 Å². The van der Waals surface area contributed by atoms with Crippen LogP contribution in [0.15, 0.2) is 30.0 Å². The van der Waals surface area contributed by atoms with Gasteiger partial charge in [-0.05, 0) is 42.5 Å². The summed E-state index contributed by atoms with van der Waals surface area (Å²) in [6.45, 7) is 2.00. The normalized spacial score (nSPS) is 27.8. The minimum Gasteiger partial charge on any atom is -0.387 e. The molecule has 3 heterocycles. The van der Waals surface area contributed by atoms with Crippen LogP contribution in [0.5, 0.6) is 0 Å². The number of aliphatic hydroxyl groups excluding tert-OH is 1.